The number of nitrogens with zero attached hydrogens (tertiary/aromatic N) is 2. The number of carboxylic acid groups (broad SMARTS) is 1. The number of para-hydroxylation sites is 1. The maximum Gasteiger partial charge on any atom is 0.313 e. The number of hydrogen-bond donors (Lipinski definition) is 1. The molecule has 1 heterocycles. The third-order valence-corrected chi connectivity index (χ3v) is 2.34. The van der Waals surface area contributed by atoms with Crippen LogP contribution in [0.5, 0.6) is 0 Å². The number of aliphatic carboxylic acids is 1. The van der Waals surface area contributed by atoms with Crippen molar-refractivity contribution in [3.05, 3.63) is 36.0 Å². The summed E-state index contributed by atoms with van der Waals surface area (Å²) in [6.45, 7) is 1.46. The number of benzene rings is 1. The summed E-state index contributed by atoms with van der Waals surface area (Å²) in [7, 11) is 0. The maximum atomic E-state index is 13.4. The lowest BCUT2D eigenvalue weighted by Gasteiger charge is -2.05. The summed E-state index contributed by atoms with van der Waals surface area (Å²) in [5.74, 6) is -2.23. The van der Waals surface area contributed by atoms with Gasteiger partial charge in [-0.2, -0.15) is 0 Å². The minimum Gasteiger partial charge on any atom is -0.481 e. The topological polar surface area (TPSA) is 63.1 Å². The van der Waals surface area contributed by atoms with Crippen molar-refractivity contribution in [1.82, 2.24) is 9.97 Å². The summed E-state index contributed by atoms with van der Waals surface area (Å²) >= 11 is 0. The van der Waals surface area contributed by atoms with Crippen molar-refractivity contribution < 1.29 is 14.3 Å². The standard InChI is InChI=1S/C11H9FN2O2/c1-6(11(15)16)10-13-5-7-3-2-4-8(12)9(7)14-10/h2-6H,1H3,(H,15,16). The van der Waals surface area contributed by atoms with E-state index in [1.54, 1.807) is 12.1 Å². The van der Waals surface area contributed by atoms with Crippen molar-refractivity contribution in [2.75, 3.05) is 0 Å². The van der Waals surface area contributed by atoms with Gasteiger partial charge < -0.3 is 5.11 Å². The number of carbonyl (C=O) groups is 1. The van der Waals surface area contributed by atoms with Gasteiger partial charge >= 0.3 is 5.97 Å². The fourth-order valence-corrected chi connectivity index (χ4v) is 1.35. The first-order chi connectivity index (χ1) is 7.59. The average molecular weight is 220 g/mol. The zero-order valence-electron chi connectivity index (χ0n) is 8.51. The molecule has 5 heteroatoms. The second-order valence-corrected chi connectivity index (χ2v) is 3.47. The van der Waals surface area contributed by atoms with Crippen molar-refractivity contribution in [3.8, 4) is 0 Å². The molecule has 0 amide bonds. The number of fused-ring (bicyclic) bond motifs is 1. The van der Waals surface area contributed by atoms with Gasteiger partial charge in [-0.3, -0.25) is 4.79 Å². The minimum absolute atomic E-state index is 0.116. The third kappa shape index (κ3) is 1.71. The number of aromatic nitrogens is 2. The van der Waals surface area contributed by atoms with Gasteiger partial charge in [-0.1, -0.05) is 12.1 Å². The summed E-state index contributed by atoms with van der Waals surface area (Å²) in [6, 6.07) is 4.51. The lowest BCUT2D eigenvalue weighted by atomic mass is 10.1. The third-order valence-electron chi connectivity index (χ3n) is 2.34. The molecule has 0 aliphatic rings. The molecule has 16 heavy (non-hydrogen) atoms. The first-order valence-corrected chi connectivity index (χ1v) is 4.73. The lowest BCUT2D eigenvalue weighted by Crippen LogP contribution is -2.11. The Kier molecular flexibility index (Phi) is 2.52. The molecule has 4 nitrogen and oxygen atoms in total. The molecule has 0 saturated carbocycles. The lowest BCUT2D eigenvalue weighted by molar-refractivity contribution is -0.138. The van der Waals surface area contributed by atoms with Gasteiger partial charge in [0.2, 0.25) is 0 Å². The molecule has 2 rings (SSSR count). The van der Waals surface area contributed by atoms with E-state index in [0.29, 0.717) is 5.39 Å². The van der Waals surface area contributed by atoms with E-state index < -0.39 is 17.7 Å². The highest BCUT2D eigenvalue weighted by Crippen LogP contribution is 2.17. The molecule has 1 aromatic carbocycles. The zero-order chi connectivity index (χ0) is 11.7. The van der Waals surface area contributed by atoms with Gasteiger partial charge in [0.05, 0.1) is 0 Å². The van der Waals surface area contributed by atoms with E-state index in [2.05, 4.69) is 9.97 Å². The fourth-order valence-electron chi connectivity index (χ4n) is 1.35. The van der Waals surface area contributed by atoms with Crippen LogP contribution in [0.3, 0.4) is 0 Å². The Morgan fingerprint density at radius 3 is 2.94 bits per heavy atom. The van der Waals surface area contributed by atoms with Crippen LogP contribution < -0.4 is 0 Å². The summed E-state index contributed by atoms with van der Waals surface area (Å²) in [4.78, 5) is 18.6. The highest BCUT2D eigenvalue weighted by atomic mass is 19.1. The highest BCUT2D eigenvalue weighted by Gasteiger charge is 2.17. The Labute approximate surface area is 90.8 Å². The fraction of sp³-hybridized carbons (Fsp3) is 0.182. The van der Waals surface area contributed by atoms with Gasteiger partial charge in [0.25, 0.3) is 0 Å². The Morgan fingerprint density at radius 2 is 2.25 bits per heavy atom. The van der Waals surface area contributed by atoms with Crippen molar-refractivity contribution in [2.24, 2.45) is 0 Å². The molecule has 1 unspecified atom stereocenters. The highest BCUT2D eigenvalue weighted by molar-refractivity contribution is 5.79. The van der Waals surface area contributed by atoms with Crippen LogP contribution in [-0.4, -0.2) is 21.0 Å². The van der Waals surface area contributed by atoms with E-state index >= 15 is 0 Å². The van der Waals surface area contributed by atoms with E-state index in [-0.39, 0.29) is 11.3 Å². The largest absolute Gasteiger partial charge is 0.481 e. The smallest absolute Gasteiger partial charge is 0.313 e. The molecule has 1 atom stereocenters. The molecule has 1 aromatic heterocycles. The predicted octanol–water partition coefficient (Wildman–Crippen LogP) is 1.96. The average Bonchev–Trinajstić information content (AvgIpc) is 2.28. The Morgan fingerprint density at radius 1 is 1.50 bits per heavy atom. The van der Waals surface area contributed by atoms with E-state index in [0.717, 1.165) is 0 Å². The van der Waals surface area contributed by atoms with Crippen LogP contribution in [0.2, 0.25) is 0 Å². The first-order valence-electron chi connectivity index (χ1n) is 4.73. The van der Waals surface area contributed by atoms with E-state index in [9.17, 15) is 9.18 Å². The normalized spacial score (nSPS) is 12.6. The van der Waals surface area contributed by atoms with Crippen LogP contribution in [0.15, 0.2) is 24.4 Å². The van der Waals surface area contributed by atoms with E-state index in [1.807, 2.05) is 0 Å². The minimum atomic E-state index is -1.03. The van der Waals surface area contributed by atoms with Gasteiger partial charge in [0.1, 0.15) is 23.1 Å². The first kappa shape index (κ1) is 10.5. The number of halogens is 1. The summed E-state index contributed by atoms with van der Waals surface area (Å²) in [5.41, 5.74) is 0.153. The molecule has 0 spiro atoms. The number of rotatable bonds is 2. The molecular formula is C11H9FN2O2. The molecule has 0 fully saturated rings. The molecule has 2 aromatic rings. The van der Waals surface area contributed by atoms with Crippen molar-refractivity contribution in [2.45, 2.75) is 12.8 Å². The molecular weight excluding hydrogens is 211 g/mol. The maximum absolute atomic E-state index is 13.4. The number of hydrogen-bond acceptors (Lipinski definition) is 3. The summed E-state index contributed by atoms with van der Waals surface area (Å²) < 4.78 is 13.4. The van der Waals surface area contributed by atoms with Crippen LogP contribution in [0.25, 0.3) is 10.9 Å². The van der Waals surface area contributed by atoms with Crippen molar-refractivity contribution >= 4 is 16.9 Å². The Hall–Kier alpha value is -2.04. The molecule has 0 radical (unpaired) electrons. The second kappa shape index (κ2) is 3.84. The quantitative estimate of drug-likeness (QED) is 0.840. The van der Waals surface area contributed by atoms with Crippen LogP contribution in [0, 0.1) is 5.82 Å². The zero-order valence-corrected chi connectivity index (χ0v) is 8.51. The Bertz CT molecular complexity index is 557. The van der Waals surface area contributed by atoms with Crippen molar-refractivity contribution in [1.29, 1.82) is 0 Å². The molecule has 82 valence electrons. The van der Waals surface area contributed by atoms with Crippen LogP contribution in [0.1, 0.15) is 18.7 Å². The van der Waals surface area contributed by atoms with Crippen LogP contribution in [0.4, 0.5) is 4.39 Å². The monoisotopic (exact) mass is 220 g/mol. The van der Waals surface area contributed by atoms with Gasteiger partial charge in [-0.15, -0.1) is 0 Å². The molecule has 0 aliphatic carbocycles. The van der Waals surface area contributed by atoms with Gasteiger partial charge in [0.15, 0.2) is 0 Å². The van der Waals surface area contributed by atoms with Gasteiger partial charge in [-0.25, -0.2) is 14.4 Å². The Balaban J connectivity index is 2.59. The van der Waals surface area contributed by atoms with Gasteiger partial charge in [0, 0.05) is 11.6 Å². The summed E-state index contributed by atoms with van der Waals surface area (Å²) in [6.07, 6.45) is 1.43. The second-order valence-electron chi connectivity index (χ2n) is 3.47. The van der Waals surface area contributed by atoms with Crippen LogP contribution in [-0.2, 0) is 4.79 Å². The molecule has 1 N–H and O–H groups in total. The molecule has 0 bridgehead atoms. The van der Waals surface area contributed by atoms with Crippen LogP contribution >= 0.6 is 0 Å². The number of carboxylic acids is 1. The summed E-state index contributed by atoms with van der Waals surface area (Å²) in [5, 5.41) is 9.36. The molecule has 0 saturated heterocycles. The SMILES string of the molecule is CC(C(=O)O)c1ncc2cccc(F)c2n1. The van der Waals surface area contributed by atoms with Crippen molar-refractivity contribution in [3.63, 3.8) is 0 Å². The van der Waals surface area contributed by atoms with E-state index in [1.165, 1.54) is 19.2 Å². The van der Waals surface area contributed by atoms with Gasteiger partial charge in [-0.05, 0) is 13.0 Å². The predicted molar refractivity (Wildman–Crippen MR) is 55.5 cm³/mol. The molecule has 0 aliphatic heterocycles. The van der Waals surface area contributed by atoms with E-state index in [4.69, 9.17) is 5.11 Å².